The number of ether oxygens (including phenoxy) is 1. The van der Waals surface area contributed by atoms with Crippen molar-refractivity contribution in [1.82, 2.24) is 0 Å². The van der Waals surface area contributed by atoms with Crippen LogP contribution < -0.4 is 0 Å². The monoisotopic (exact) mass is 168 g/mol. The van der Waals surface area contributed by atoms with Crippen LogP contribution in [-0.2, 0) is 4.74 Å². The number of hydrogen-bond acceptors (Lipinski definition) is 1. The van der Waals surface area contributed by atoms with Crippen LogP contribution in [0.2, 0.25) is 0 Å². The second kappa shape index (κ2) is 10.3. The van der Waals surface area contributed by atoms with Gasteiger partial charge in [0, 0.05) is 0 Å². The zero-order valence-electron chi connectivity index (χ0n) is 8.09. The molecule has 1 heteroatoms. The summed E-state index contributed by atoms with van der Waals surface area (Å²) in [5.41, 5.74) is 0. The second-order valence-corrected chi connectivity index (χ2v) is 2.79. The molecule has 0 N–H and O–H groups in total. The molecule has 0 fully saturated rings. The lowest BCUT2D eigenvalue weighted by Gasteiger charge is -1.96. The predicted molar refractivity (Wildman–Crippen MR) is 54.0 cm³/mol. The van der Waals surface area contributed by atoms with Gasteiger partial charge in [-0.2, -0.15) is 0 Å². The lowest BCUT2D eigenvalue weighted by Crippen LogP contribution is -1.84. The van der Waals surface area contributed by atoms with Crippen LogP contribution in [0, 0.1) is 0 Å². The molecule has 70 valence electrons. The predicted octanol–water partition coefficient (Wildman–Crippen LogP) is 3.67. The van der Waals surface area contributed by atoms with Crippen molar-refractivity contribution in [3.05, 3.63) is 25.0 Å². The topological polar surface area (TPSA) is 9.23 Å². The van der Waals surface area contributed by atoms with E-state index in [1.54, 1.807) is 0 Å². The van der Waals surface area contributed by atoms with E-state index in [9.17, 15) is 0 Å². The van der Waals surface area contributed by atoms with Gasteiger partial charge in [-0.1, -0.05) is 38.5 Å². The molecule has 0 heterocycles. The fourth-order valence-electron chi connectivity index (χ4n) is 0.926. The van der Waals surface area contributed by atoms with Crippen molar-refractivity contribution in [1.29, 1.82) is 0 Å². The number of hydrogen-bond donors (Lipinski definition) is 0. The molecule has 0 amide bonds. The van der Waals surface area contributed by atoms with E-state index >= 15 is 0 Å². The Bertz CT molecular complexity index is 116. The first-order valence-electron chi connectivity index (χ1n) is 4.79. The summed E-state index contributed by atoms with van der Waals surface area (Å²) in [6.07, 6.45) is 12.0. The summed E-state index contributed by atoms with van der Waals surface area (Å²) in [7, 11) is 0. The Hall–Kier alpha value is -0.720. The van der Waals surface area contributed by atoms with Crippen LogP contribution >= 0.6 is 0 Å². The van der Waals surface area contributed by atoms with Gasteiger partial charge < -0.3 is 4.74 Å². The number of unbranched alkanes of at least 4 members (excludes halogenated alkanes) is 3. The van der Waals surface area contributed by atoms with Gasteiger partial charge in [0.1, 0.15) is 0 Å². The fourth-order valence-corrected chi connectivity index (χ4v) is 0.926. The SMILES string of the molecule is C=COCCCC=CCCCC. The number of allylic oxidation sites excluding steroid dienone is 2. The molecule has 0 radical (unpaired) electrons. The van der Waals surface area contributed by atoms with Gasteiger partial charge in [0.2, 0.25) is 0 Å². The summed E-state index contributed by atoms with van der Waals surface area (Å²) >= 11 is 0. The fraction of sp³-hybridized carbons (Fsp3) is 0.636. The standard InChI is InChI=1S/C11H20O/c1-3-5-6-7-8-9-10-11-12-4-2/h4,7-8H,2-3,5-6,9-11H2,1H3. The Morgan fingerprint density at radius 3 is 2.42 bits per heavy atom. The smallest absolute Gasteiger partial charge is 0.0875 e. The molecule has 12 heavy (non-hydrogen) atoms. The lowest BCUT2D eigenvalue weighted by atomic mass is 10.2. The van der Waals surface area contributed by atoms with Crippen LogP contribution in [0.4, 0.5) is 0 Å². The van der Waals surface area contributed by atoms with E-state index in [1.165, 1.54) is 25.5 Å². The average Bonchev–Trinajstić information content (AvgIpc) is 2.10. The highest BCUT2D eigenvalue weighted by atomic mass is 16.5. The van der Waals surface area contributed by atoms with Gasteiger partial charge >= 0.3 is 0 Å². The van der Waals surface area contributed by atoms with Crippen molar-refractivity contribution in [3.8, 4) is 0 Å². The van der Waals surface area contributed by atoms with Crippen molar-refractivity contribution >= 4 is 0 Å². The minimum absolute atomic E-state index is 0.793. The summed E-state index contributed by atoms with van der Waals surface area (Å²) in [4.78, 5) is 0. The molecule has 0 aromatic heterocycles. The molecule has 0 aliphatic heterocycles. The Morgan fingerprint density at radius 2 is 1.83 bits per heavy atom. The maximum absolute atomic E-state index is 4.99. The molecule has 0 spiro atoms. The van der Waals surface area contributed by atoms with Crippen molar-refractivity contribution < 1.29 is 4.74 Å². The molecule has 0 atom stereocenters. The van der Waals surface area contributed by atoms with Crippen molar-refractivity contribution in [3.63, 3.8) is 0 Å². The molecule has 0 aliphatic carbocycles. The second-order valence-electron chi connectivity index (χ2n) is 2.79. The van der Waals surface area contributed by atoms with E-state index in [0.717, 1.165) is 19.4 Å². The first-order chi connectivity index (χ1) is 5.91. The third-order valence-electron chi connectivity index (χ3n) is 1.64. The molecule has 0 aromatic rings. The van der Waals surface area contributed by atoms with Gasteiger partial charge in [-0.15, -0.1) is 0 Å². The zero-order valence-corrected chi connectivity index (χ0v) is 8.09. The molecule has 1 nitrogen and oxygen atoms in total. The summed E-state index contributed by atoms with van der Waals surface area (Å²) in [6, 6.07) is 0. The molecule has 0 rings (SSSR count). The molecule has 0 unspecified atom stereocenters. The molecule has 0 aromatic carbocycles. The van der Waals surface area contributed by atoms with Gasteiger partial charge in [0.15, 0.2) is 0 Å². The van der Waals surface area contributed by atoms with Crippen LogP contribution in [0.3, 0.4) is 0 Å². The quantitative estimate of drug-likeness (QED) is 0.305. The molecule has 0 saturated carbocycles. The molecule has 0 bridgehead atoms. The van der Waals surface area contributed by atoms with Gasteiger partial charge in [0.05, 0.1) is 12.9 Å². The largest absolute Gasteiger partial charge is 0.502 e. The van der Waals surface area contributed by atoms with E-state index in [-0.39, 0.29) is 0 Å². The Morgan fingerprint density at radius 1 is 1.17 bits per heavy atom. The highest BCUT2D eigenvalue weighted by Crippen LogP contribution is 1.98. The van der Waals surface area contributed by atoms with Gasteiger partial charge in [-0.25, -0.2) is 0 Å². The van der Waals surface area contributed by atoms with Crippen molar-refractivity contribution in [2.45, 2.75) is 39.0 Å². The Balaban J connectivity index is 2.97. The highest BCUT2D eigenvalue weighted by Gasteiger charge is 1.82. The third-order valence-corrected chi connectivity index (χ3v) is 1.64. The van der Waals surface area contributed by atoms with E-state index < -0.39 is 0 Å². The van der Waals surface area contributed by atoms with Crippen LogP contribution in [-0.4, -0.2) is 6.61 Å². The third kappa shape index (κ3) is 9.28. The maximum atomic E-state index is 4.99. The highest BCUT2D eigenvalue weighted by molar-refractivity contribution is 4.81. The Kier molecular flexibility index (Phi) is 9.66. The normalized spacial score (nSPS) is 10.4. The van der Waals surface area contributed by atoms with E-state index in [1.807, 2.05) is 0 Å². The van der Waals surface area contributed by atoms with E-state index in [4.69, 9.17) is 4.74 Å². The molecule has 0 saturated heterocycles. The van der Waals surface area contributed by atoms with E-state index in [2.05, 4.69) is 25.7 Å². The van der Waals surface area contributed by atoms with Crippen LogP contribution in [0.15, 0.2) is 25.0 Å². The van der Waals surface area contributed by atoms with Gasteiger partial charge in [0.25, 0.3) is 0 Å². The molecular weight excluding hydrogens is 148 g/mol. The summed E-state index contributed by atoms with van der Waals surface area (Å²) < 4.78 is 4.99. The van der Waals surface area contributed by atoms with Crippen molar-refractivity contribution in [2.75, 3.05) is 6.61 Å². The van der Waals surface area contributed by atoms with Crippen LogP contribution in [0.5, 0.6) is 0 Å². The zero-order chi connectivity index (χ0) is 9.07. The first-order valence-corrected chi connectivity index (χ1v) is 4.79. The summed E-state index contributed by atoms with van der Waals surface area (Å²) in [5, 5.41) is 0. The maximum Gasteiger partial charge on any atom is 0.0875 e. The van der Waals surface area contributed by atoms with Crippen molar-refractivity contribution in [2.24, 2.45) is 0 Å². The molecule has 0 aliphatic rings. The average molecular weight is 168 g/mol. The van der Waals surface area contributed by atoms with E-state index in [0.29, 0.717) is 0 Å². The molecular formula is C11H20O. The van der Waals surface area contributed by atoms with Crippen LogP contribution in [0.1, 0.15) is 39.0 Å². The van der Waals surface area contributed by atoms with Crippen LogP contribution in [0.25, 0.3) is 0 Å². The minimum Gasteiger partial charge on any atom is -0.502 e. The summed E-state index contributed by atoms with van der Waals surface area (Å²) in [6.45, 7) is 6.49. The summed E-state index contributed by atoms with van der Waals surface area (Å²) in [5.74, 6) is 0. The number of rotatable bonds is 8. The van der Waals surface area contributed by atoms with Gasteiger partial charge in [-0.05, 0) is 19.3 Å². The van der Waals surface area contributed by atoms with Gasteiger partial charge in [-0.3, -0.25) is 0 Å². The lowest BCUT2D eigenvalue weighted by molar-refractivity contribution is 0.247. The Labute approximate surface area is 76.1 Å². The minimum atomic E-state index is 0.793. The first kappa shape index (κ1) is 11.3.